The maximum Gasteiger partial charge on any atom is 0.275 e. The molecule has 0 spiro atoms. The fraction of sp³-hybridized carbons (Fsp3) is 0.571. The van der Waals surface area contributed by atoms with Crippen molar-refractivity contribution in [3.05, 3.63) is 40.3 Å². The molecule has 1 N–H and O–H groups in total. The van der Waals surface area contributed by atoms with Crippen LogP contribution in [0.3, 0.4) is 0 Å². The van der Waals surface area contributed by atoms with Crippen molar-refractivity contribution in [2.75, 3.05) is 13.1 Å². The Hall–Kier alpha value is -2.21. The fourth-order valence-electron chi connectivity index (χ4n) is 4.33. The molecule has 1 amide bonds. The summed E-state index contributed by atoms with van der Waals surface area (Å²) in [5.41, 5.74) is 0.314. The van der Waals surface area contributed by atoms with E-state index in [-0.39, 0.29) is 11.5 Å². The number of likely N-dealkylation sites (tertiary alicyclic amines) is 1. The first-order chi connectivity index (χ1) is 13.2. The summed E-state index contributed by atoms with van der Waals surface area (Å²) >= 11 is 0. The van der Waals surface area contributed by atoms with Crippen LogP contribution in [-0.4, -0.2) is 45.8 Å². The number of nitrogens with zero attached hydrogens (tertiary/aromatic N) is 3. The molecule has 3 heterocycles. The topological polar surface area (TPSA) is 67.2 Å². The Morgan fingerprint density at radius 2 is 1.93 bits per heavy atom. The van der Waals surface area contributed by atoms with Crippen LogP contribution < -0.4 is 10.9 Å². The smallest absolute Gasteiger partial charge is 0.275 e. The molecule has 2 saturated heterocycles. The number of carbonyl (C=O) groups excluding carboxylic acids is 1. The second-order valence-electron chi connectivity index (χ2n) is 7.81. The predicted octanol–water partition coefficient (Wildman–Crippen LogP) is 2.55. The van der Waals surface area contributed by atoms with Crippen molar-refractivity contribution in [1.29, 1.82) is 0 Å². The van der Waals surface area contributed by atoms with Crippen molar-refractivity contribution in [3.8, 4) is 0 Å². The lowest BCUT2D eigenvalue weighted by Crippen LogP contribution is -2.40. The molecule has 6 nitrogen and oxygen atoms in total. The van der Waals surface area contributed by atoms with Crippen molar-refractivity contribution < 1.29 is 4.79 Å². The number of nitrogens with one attached hydrogen (secondary N) is 1. The van der Waals surface area contributed by atoms with Gasteiger partial charge < -0.3 is 10.2 Å². The zero-order valence-electron chi connectivity index (χ0n) is 16.0. The Bertz CT molecular complexity index is 891. The van der Waals surface area contributed by atoms with Gasteiger partial charge in [-0.15, -0.1) is 0 Å². The predicted molar refractivity (Wildman–Crippen MR) is 106 cm³/mol. The first kappa shape index (κ1) is 18.2. The number of aromatic nitrogens is 2. The van der Waals surface area contributed by atoms with Crippen LogP contribution in [0, 0.1) is 0 Å². The Morgan fingerprint density at radius 1 is 1.15 bits per heavy atom. The number of hydrogen-bond donors (Lipinski definition) is 1. The summed E-state index contributed by atoms with van der Waals surface area (Å²) in [6.07, 6.45) is 6.33. The summed E-state index contributed by atoms with van der Waals surface area (Å²) in [6, 6.07) is 8.27. The number of rotatable bonds is 5. The number of carbonyl (C=O) groups is 1. The number of hydrogen-bond acceptors (Lipinski definition) is 4. The number of fused-ring (bicyclic) bond motifs is 3. The molecule has 2 unspecified atom stereocenters. The van der Waals surface area contributed by atoms with E-state index in [1.54, 1.807) is 6.07 Å². The molecule has 6 heteroatoms. The highest BCUT2D eigenvalue weighted by Crippen LogP contribution is 2.23. The number of benzene rings is 1. The minimum Gasteiger partial charge on any atom is -0.336 e. The molecule has 2 aliphatic heterocycles. The molecule has 2 fully saturated rings. The van der Waals surface area contributed by atoms with Crippen molar-refractivity contribution in [2.24, 2.45) is 0 Å². The van der Waals surface area contributed by atoms with E-state index in [1.165, 1.54) is 11.1 Å². The molecule has 2 aromatic rings. The molecule has 1 aromatic carbocycles. The second-order valence-corrected chi connectivity index (χ2v) is 7.81. The van der Waals surface area contributed by atoms with E-state index in [4.69, 9.17) is 0 Å². The minimum atomic E-state index is -0.102. The van der Waals surface area contributed by atoms with Gasteiger partial charge in [-0.25, -0.2) is 4.68 Å². The summed E-state index contributed by atoms with van der Waals surface area (Å²) in [4.78, 5) is 28.1. The minimum absolute atomic E-state index is 0.0511. The van der Waals surface area contributed by atoms with E-state index < -0.39 is 0 Å². The van der Waals surface area contributed by atoms with E-state index in [0.29, 0.717) is 35.1 Å². The molecular weight excluding hydrogens is 340 g/mol. The van der Waals surface area contributed by atoms with Gasteiger partial charge >= 0.3 is 0 Å². The van der Waals surface area contributed by atoms with Gasteiger partial charge in [0.1, 0.15) is 0 Å². The van der Waals surface area contributed by atoms with E-state index in [1.807, 2.05) is 23.1 Å². The molecule has 2 bridgehead atoms. The van der Waals surface area contributed by atoms with Gasteiger partial charge in [0, 0.05) is 37.1 Å². The summed E-state index contributed by atoms with van der Waals surface area (Å²) in [6.45, 7) is 4.16. The van der Waals surface area contributed by atoms with Crippen LogP contribution in [0.15, 0.2) is 29.1 Å². The van der Waals surface area contributed by atoms with Gasteiger partial charge in [-0.3, -0.25) is 9.59 Å². The zero-order valence-corrected chi connectivity index (χ0v) is 16.0. The zero-order chi connectivity index (χ0) is 18.8. The normalized spacial score (nSPS) is 22.2. The highest BCUT2D eigenvalue weighted by Gasteiger charge is 2.32. The average Bonchev–Trinajstić information content (AvgIpc) is 3.02. The van der Waals surface area contributed by atoms with E-state index >= 15 is 0 Å². The highest BCUT2D eigenvalue weighted by atomic mass is 16.2. The first-order valence-electron chi connectivity index (χ1n) is 10.2. The third-order valence-electron chi connectivity index (χ3n) is 5.85. The van der Waals surface area contributed by atoms with Gasteiger partial charge in [0.25, 0.3) is 11.5 Å². The molecular formula is C21H28N4O2. The van der Waals surface area contributed by atoms with Crippen molar-refractivity contribution >= 4 is 16.7 Å². The molecule has 2 atom stereocenters. The van der Waals surface area contributed by atoms with Crippen LogP contribution in [0.2, 0.25) is 0 Å². The van der Waals surface area contributed by atoms with Crippen LogP contribution in [0.1, 0.15) is 55.9 Å². The molecule has 27 heavy (non-hydrogen) atoms. The lowest BCUT2D eigenvalue weighted by molar-refractivity contribution is 0.0741. The summed E-state index contributed by atoms with van der Waals surface area (Å²) < 4.78 is 1.49. The molecule has 144 valence electrons. The van der Waals surface area contributed by atoms with E-state index in [0.717, 1.165) is 45.2 Å². The lowest BCUT2D eigenvalue weighted by Gasteiger charge is -2.24. The lowest BCUT2D eigenvalue weighted by atomic mass is 10.1. The Labute approximate surface area is 159 Å². The number of aryl methyl sites for hydroxylation is 1. The third kappa shape index (κ3) is 3.63. The van der Waals surface area contributed by atoms with Crippen molar-refractivity contribution in [3.63, 3.8) is 0 Å². The summed E-state index contributed by atoms with van der Waals surface area (Å²) in [7, 11) is 0. The van der Waals surface area contributed by atoms with Crippen LogP contribution in [0.5, 0.6) is 0 Å². The fourth-order valence-corrected chi connectivity index (χ4v) is 4.33. The molecule has 0 aliphatic carbocycles. The summed E-state index contributed by atoms with van der Waals surface area (Å²) in [5.74, 6) is -0.0511. The molecule has 1 aromatic heterocycles. The van der Waals surface area contributed by atoms with Gasteiger partial charge in [-0.05, 0) is 31.7 Å². The second kappa shape index (κ2) is 7.80. The summed E-state index contributed by atoms with van der Waals surface area (Å²) in [5, 5.41) is 9.40. The molecule has 0 radical (unpaired) electrons. The quantitative estimate of drug-likeness (QED) is 0.824. The number of amides is 1. The first-order valence-corrected chi connectivity index (χ1v) is 10.2. The SMILES string of the molecule is CCCCCn1nc(C(=O)N2CCC3CCC(C2)N3)c2ccccc2c1=O. The maximum absolute atomic E-state index is 13.4. The standard InChI is InChI=1S/C21H28N4O2/c1-2-3-6-12-25-20(26)18-8-5-4-7-17(18)19(23-25)21(27)24-13-11-15-9-10-16(14-24)22-15/h4-5,7-8,15-16,22H,2-3,6,9-14H2,1H3. The van der Waals surface area contributed by atoms with E-state index in [2.05, 4.69) is 17.3 Å². The van der Waals surface area contributed by atoms with Gasteiger partial charge in [0.2, 0.25) is 0 Å². The highest BCUT2D eigenvalue weighted by molar-refractivity contribution is 6.04. The van der Waals surface area contributed by atoms with Gasteiger partial charge in [-0.1, -0.05) is 38.0 Å². The van der Waals surface area contributed by atoms with Gasteiger partial charge in [0.05, 0.1) is 5.39 Å². The Balaban J connectivity index is 1.70. The van der Waals surface area contributed by atoms with Crippen LogP contribution in [-0.2, 0) is 6.54 Å². The molecule has 2 aliphatic rings. The van der Waals surface area contributed by atoms with Crippen molar-refractivity contribution in [1.82, 2.24) is 20.0 Å². The van der Waals surface area contributed by atoms with Crippen molar-refractivity contribution in [2.45, 2.75) is 64.1 Å². The van der Waals surface area contributed by atoms with Crippen LogP contribution in [0.25, 0.3) is 10.8 Å². The average molecular weight is 368 g/mol. The van der Waals surface area contributed by atoms with Gasteiger partial charge in [-0.2, -0.15) is 5.10 Å². The third-order valence-corrected chi connectivity index (χ3v) is 5.85. The van der Waals surface area contributed by atoms with E-state index in [9.17, 15) is 9.59 Å². The Kier molecular flexibility index (Phi) is 5.25. The largest absolute Gasteiger partial charge is 0.336 e. The number of unbranched alkanes of at least 4 members (excludes halogenated alkanes) is 2. The van der Waals surface area contributed by atoms with Crippen LogP contribution >= 0.6 is 0 Å². The maximum atomic E-state index is 13.4. The monoisotopic (exact) mass is 368 g/mol. The molecule has 0 saturated carbocycles. The van der Waals surface area contributed by atoms with Crippen LogP contribution in [0.4, 0.5) is 0 Å². The Morgan fingerprint density at radius 3 is 2.74 bits per heavy atom. The van der Waals surface area contributed by atoms with Gasteiger partial charge in [0.15, 0.2) is 5.69 Å². The molecule has 4 rings (SSSR count).